The van der Waals surface area contributed by atoms with E-state index in [1.165, 1.54) is 12.1 Å². The summed E-state index contributed by atoms with van der Waals surface area (Å²) < 4.78 is 0. The quantitative estimate of drug-likeness (QED) is 0.113. The molecular formula is C31H42N6O6. The highest BCUT2D eigenvalue weighted by Crippen LogP contribution is 2.19. The van der Waals surface area contributed by atoms with Crippen molar-refractivity contribution in [1.29, 1.82) is 0 Å². The SMILES string of the molecule is CC(C)C(NC(=O)C(N)Cc1ccc(O)cc1)C(=O)NC(CCCCN)C(=O)NC(Cc1c[nH]c2ccccc12)C(=O)O. The number of nitrogens with two attached hydrogens (primary N) is 2. The maximum atomic E-state index is 13.4. The molecule has 0 bridgehead atoms. The lowest BCUT2D eigenvalue weighted by Crippen LogP contribution is -2.58. The van der Waals surface area contributed by atoms with Gasteiger partial charge in [0, 0.05) is 23.5 Å². The van der Waals surface area contributed by atoms with E-state index in [4.69, 9.17) is 11.5 Å². The largest absolute Gasteiger partial charge is 0.508 e. The van der Waals surface area contributed by atoms with E-state index in [1.807, 2.05) is 24.3 Å². The number of carbonyl (C=O) groups excluding carboxylic acids is 3. The first kappa shape index (κ1) is 33.1. The van der Waals surface area contributed by atoms with Crippen molar-refractivity contribution in [3.63, 3.8) is 0 Å². The predicted octanol–water partition coefficient (Wildman–Crippen LogP) is 1.31. The third-order valence-electron chi connectivity index (χ3n) is 7.27. The molecule has 0 saturated heterocycles. The van der Waals surface area contributed by atoms with Crippen molar-refractivity contribution in [2.45, 2.75) is 70.1 Å². The number of carboxylic acids is 1. The number of amides is 3. The van der Waals surface area contributed by atoms with Gasteiger partial charge in [-0.25, -0.2) is 4.79 Å². The Hall–Kier alpha value is -4.42. The number of nitrogens with one attached hydrogen (secondary N) is 4. The molecule has 1 aromatic heterocycles. The number of aromatic nitrogens is 1. The molecule has 12 heteroatoms. The normalized spacial score (nSPS) is 14.1. The van der Waals surface area contributed by atoms with Gasteiger partial charge in [-0.3, -0.25) is 14.4 Å². The number of benzene rings is 2. The summed E-state index contributed by atoms with van der Waals surface area (Å²) in [6.45, 7) is 3.90. The third-order valence-corrected chi connectivity index (χ3v) is 7.27. The van der Waals surface area contributed by atoms with Gasteiger partial charge in [-0.2, -0.15) is 0 Å². The molecule has 232 valence electrons. The molecule has 43 heavy (non-hydrogen) atoms. The number of phenolic OH excluding ortho intramolecular Hbond substituents is 1. The molecular weight excluding hydrogens is 552 g/mol. The molecule has 0 fully saturated rings. The van der Waals surface area contributed by atoms with E-state index in [2.05, 4.69) is 20.9 Å². The maximum Gasteiger partial charge on any atom is 0.326 e. The number of H-pyrrole nitrogens is 1. The van der Waals surface area contributed by atoms with Crippen LogP contribution in [0, 0.1) is 5.92 Å². The van der Waals surface area contributed by atoms with Crippen molar-refractivity contribution in [2.75, 3.05) is 6.54 Å². The van der Waals surface area contributed by atoms with Gasteiger partial charge in [0.1, 0.15) is 23.9 Å². The fraction of sp³-hybridized carbons (Fsp3) is 0.419. The standard InChI is InChI=1S/C31H42N6O6/c1-18(2)27(37-28(39)23(33)15-19-10-12-21(38)13-11-19)30(41)35-25(9-5-6-14-32)29(40)36-26(31(42)43)16-20-17-34-24-8-4-3-7-22(20)24/h3-4,7-8,10-13,17-18,23,25-27,34,38H,5-6,9,14-16,32-33H2,1-2H3,(H,35,41)(H,36,40)(H,37,39)(H,42,43). The average Bonchev–Trinajstić information content (AvgIpc) is 3.38. The number of carboxylic acid groups (broad SMARTS) is 1. The number of aromatic hydroxyl groups is 1. The molecule has 0 aliphatic rings. The Morgan fingerprint density at radius 1 is 0.860 bits per heavy atom. The summed E-state index contributed by atoms with van der Waals surface area (Å²) in [5.41, 5.74) is 14.1. The van der Waals surface area contributed by atoms with E-state index >= 15 is 0 Å². The van der Waals surface area contributed by atoms with Crippen molar-refractivity contribution in [3.8, 4) is 5.75 Å². The summed E-state index contributed by atoms with van der Waals surface area (Å²) in [5.74, 6) is -3.23. The van der Waals surface area contributed by atoms with Gasteiger partial charge in [-0.05, 0) is 67.5 Å². The van der Waals surface area contributed by atoms with Crippen LogP contribution in [0.3, 0.4) is 0 Å². The summed E-state index contributed by atoms with van der Waals surface area (Å²) in [6.07, 6.45) is 3.30. The second kappa shape index (κ2) is 15.7. The van der Waals surface area contributed by atoms with E-state index in [0.29, 0.717) is 19.4 Å². The second-order valence-electron chi connectivity index (χ2n) is 11.0. The minimum atomic E-state index is -1.24. The van der Waals surface area contributed by atoms with Gasteiger partial charge in [-0.1, -0.05) is 44.2 Å². The molecule has 4 unspecified atom stereocenters. The number of unbranched alkanes of at least 4 members (excludes halogenated alkanes) is 1. The molecule has 0 aliphatic heterocycles. The molecule has 0 saturated carbocycles. The number of hydrogen-bond acceptors (Lipinski definition) is 7. The lowest BCUT2D eigenvalue weighted by molar-refractivity contribution is -0.142. The molecule has 3 rings (SSSR count). The minimum Gasteiger partial charge on any atom is -0.508 e. The minimum absolute atomic E-state index is 0.0398. The van der Waals surface area contributed by atoms with E-state index in [9.17, 15) is 29.4 Å². The van der Waals surface area contributed by atoms with E-state index in [0.717, 1.165) is 22.0 Å². The average molecular weight is 595 g/mol. The van der Waals surface area contributed by atoms with E-state index in [-0.39, 0.29) is 30.9 Å². The van der Waals surface area contributed by atoms with Crippen LogP contribution in [0.1, 0.15) is 44.2 Å². The number of aliphatic carboxylic acids is 1. The van der Waals surface area contributed by atoms with Gasteiger partial charge in [0.15, 0.2) is 0 Å². The van der Waals surface area contributed by atoms with Crippen molar-refractivity contribution >= 4 is 34.6 Å². The molecule has 4 atom stereocenters. The number of aromatic amines is 1. The Kier molecular flexibility index (Phi) is 12.1. The molecule has 2 aromatic carbocycles. The molecule has 1 heterocycles. The van der Waals surface area contributed by atoms with E-state index < -0.39 is 47.9 Å². The van der Waals surface area contributed by atoms with Crippen LogP contribution in [-0.4, -0.2) is 69.6 Å². The van der Waals surface area contributed by atoms with Gasteiger partial charge in [0.2, 0.25) is 17.7 Å². The summed E-state index contributed by atoms with van der Waals surface area (Å²) in [5, 5.41) is 28.2. The van der Waals surface area contributed by atoms with Gasteiger partial charge in [0.05, 0.1) is 6.04 Å². The lowest BCUT2D eigenvalue weighted by Gasteiger charge is -2.27. The van der Waals surface area contributed by atoms with Crippen LogP contribution < -0.4 is 27.4 Å². The molecule has 0 spiro atoms. The van der Waals surface area contributed by atoms with E-state index in [1.54, 1.807) is 32.2 Å². The van der Waals surface area contributed by atoms with Gasteiger partial charge in [0.25, 0.3) is 0 Å². The summed E-state index contributed by atoms with van der Waals surface area (Å²) in [4.78, 5) is 54.9. The van der Waals surface area contributed by atoms with Crippen molar-refractivity contribution in [1.82, 2.24) is 20.9 Å². The molecule has 10 N–H and O–H groups in total. The van der Waals surface area contributed by atoms with Crippen LogP contribution in [0.4, 0.5) is 0 Å². The Bertz CT molecular complexity index is 1390. The molecule has 12 nitrogen and oxygen atoms in total. The monoisotopic (exact) mass is 594 g/mol. The summed E-state index contributed by atoms with van der Waals surface area (Å²) in [7, 11) is 0. The maximum absolute atomic E-state index is 13.4. The molecule has 0 radical (unpaired) electrons. The smallest absolute Gasteiger partial charge is 0.326 e. The van der Waals surface area contributed by atoms with Crippen LogP contribution >= 0.6 is 0 Å². The first-order chi connectivity index (χ1) is 20.5. The Morgan fingerprint density at radius 3 is 2.19 bits per heavy atom. The van der Waals surface area contributed by atoms with Crippen LogP contribution in [0.25, 0.3) is 10.9 Å². The summed E-state index contributed by atoms with van der Waals surface area (Å²) >= 11 is 0. The zero-order valence-electron chi connectivity index (χ0n) is 24.5. The Balaban J connectivity index is 1.69. The van der Waals surface area contributed by atoms with Gasteiger partial charge in [-0.15, -0.1) is 0 Å². The number of phenols is 1. The fourth-order valence-electron chi connectivity index (χ4n) is 4.79. The number of hydrogen-bond donors (Lipinski definition) is 8. The highest BCUT2D eigenvalue weighted by Gasteiger charge is 2.32. The van der Waals surface area contributed by atoms with Gasteiger partial charge >= 0.3 is 5.97 Å². The van der Waals surface area contributed by atoms with Crippen LogP contribution in [-0.2, 0) is 32.0 Å². The second-order valence-corrected chi connectivity index (χ2v) is 11.0. The van der Waals surface area contributed by atoms with Crippen molar-refractivity contribution in [2.24, 2.45) is 17.4 Å². The Morgan fingerprint density at radius 2 is 1.53 bits per heavy atom. The number of fused-ring (bicyclic) bond motifs is 1. The van der Waals surface area contributed by atoms with Crippen molar-refractivity contribution < 1.29 is 29.4 Å². The molecule has 0 aliphatic carbocycles. The first-order valence-corrected chi connectivity index (χ1v) is 14.4. The van der Waals surface area contributed by atoms with Crippen LogP contribution in [0.2, 0.25) is 0 Å². The van der Waals surface area contributed by atoms with Gasteiger partial charge < -0.3 is 42.6 Å². The zero-order valence-corrected chi connectivity index (χ0v) is 24.5. The highest BCUT2D eigenvalue weighted by molar-refractivity contribution is 5.94. The Labute approximate surface area is 250 Å². The zero-order chi connectivity index (χ0) is 31.5. The lowest BCUT2D eigenvalue weighted by atomic mass is 10.00. The molecule has 3 aromatic rings. The number of carbonyl (C=O) groups is 4. The topological polar surface area (TPSA) is 213 Å². The number of rotatable bonds is 16. The number of para-hydroxylation sites is 1. The van der Waals surface area contributed by atoms with Crippen LogP contribution in [0.15, 0.2) is 54.7 Å². The first-order valence-electron chi connectivity index (χ1n) is 14.4. The molecule has 3 amide bonds. The van der Waals surface area contributed by atoms with Crippen LogP contribution in [0.5, 0.6) is 5.75 Å². The predicted molar refractivity (Wildman–Crippen MR) is 163 cm³/mol. The third kappa shape index (κ3) is 9.55. The highest BCUT2D eigenvalue weighted by atomic mass is 16.4. The fourth-order valence-corrected chi connectivity index (χ4v) is 4.79. The summed E-state index contributed by atoms with van der Waals surface area (Å²) in [6, 6.07) is 9.52. The van der Waals surface area contributed by atoms with Crippen molar-refractivity contribution in [3.05, 3.63) is 65.9 Å².